The SMILES string of the molecule is [CH2]C#CCC(C=O)N1CCCC1. The Morgan fingerprint density at radius 3 is 2.67 bits per heavy atom. The van der Waals surface area contributed by atoms with Crippen LogP contribution in [0.1, 0.15) is 19.3 Å². The maximum absolute atomic E-state index is 10.7. The third-order valence-electron chi connectivity index (χ3n) is 2.20. The van der Waals surface area contributed by atoms with Crippen LogP contribution in [0.25, 0.3) is 0 Å². The van der Waals surface area contributed by atoms with Crippen molar-refractivity contribution in [3.8, 4) is 11.8 Å². The second-order valence-electron chi connectivity index (χ2n) is 3.00. The summed E-state index contributed by atoms with van der Waals surface area (Å²) in [5, 5.41) is 0. The summed E-state index contributed by atoms with van der Waals surface area (Å²) in [6.07, 6.45) is 4.05. The number of carbonyl (C=O) groups is 1. The molecular weight excluding hydrogens is 150 g/mol. The van der Waals surface area contributed by atoms with Crippen molar-refractivity contribution < 1.29 is 4.79 Å². The highest BCUT2D eigenvalue weighted by molar-refractivity contribution is 5.58. The van der Waals surface area contributed by atoms with Gasteiger partial charge in [-0.1, -0.05) is 0 Å². The number of carbonyl (C=O) groups excluding carboxylic acids is 1. The molecule has 0 aromatic heterocycles. The van der Waals surface area contributed by atoms with E-state index in [1.165, 1.54) is 12.8 Å². The minimum atomic E-state index is 0.00162. The summed E-state index contributed by atoms with van der Waals surface area (Å²) in [7, 11) is 0. The first-order valence-corrected chi connectivity index (χ1v) is 4.33. The zero-order valence-corrected chi connectivity index (χ0v) is 7.25. The zero-order valence-electron chi connectivity index (χ0n) is 7.25. The number of aldehydes is 1. The molecule has 65 valence electrons. The fourth-order valence-electron chi connectivity index (χ4n) is 1.51. The summed E-state index contributed by atoms with van der Waals surface area (Å²) in [6.45, 7) is 5.51. The molecule has 12 heavy (non-hydrogen) atoms. The van der Waals surface area contributed by atoms with Crippen LogP contribution in [0.4, 0.5) is 0 Å². The van der Waals surface area contributed by atoms with Gasteiger partial charge in [-0.05, 0) is 25.9 Å². The molecule has 2 heteroatoms. The van der Waals surface area contributed by atoms with Gasteiger partial charge in [0.05, 0.1) is 6.04 Å². The van der Waals surface area contributed by atoms with Gasteiger partial charge >= 0.3 is 0 Å². The quantitative estimate of drug-likeness (QED) is 0.456. The Morgan fingerprint density at radius 1 is 1.50 bits per heavy atom. The Labute approximate surface area is 73.9 Å². The molecule has 0 spiro atoms. The summed E-state index contributed by atoms with van der Waals surface area (Å²) < 4.78 is 0. The van der Waals surface area contributed by atoms with Crippen LogP contribution in [0.15, 0.2) is 0 Å². The fourth-order valence-corrected chi connectivity index (χ4v) is 1.51. The maximum atomic E-state index is 10.7. The maximum Gasteiger partial charge on any atom is 0.138 e. The molecule has 0 bridgehead atoms. The lowest BCUT2D eigenvalue weighted by Crippen LogP contribution is -2.33. The smallest absolute Gasteiger partial charge is 0.138 e. The summed E-state index contributed by atoms with van der Waals surface area (Å²) in [6, 6.07) is 0.00162. The lowest BCUT2D eigenvalue weighted by molar-refractivity contribution is -0.111. The van der Waals surface area contributed by atoms with Gasteiger partial charge in [-0.3, -0.25) is 4.90 Å². The molecule has 1 saturated heterocycles. The molecule has 1 unspecified atom stereocenters. The second-order valence-corrected chi connectivity index (χ2v) is 3.00. The molecule has 1 aliphatic heterocycles. The predicted octanol–water partition coefficient (Wildman–Crippen LogP) is 0.877. The first-order valence-electron chi connectivity index (χ1n) is 4.33. The summed E-state index contributed by atoms with van der Waals surface area (Å²) in [4.78, 5) is 12.9. The topological polar surface area (TPSA) is 20.3 Å². The van der Waals surface area contributed by atoms with Gasteiger partial charge in [-0.25, -0.2) is 0 Å². The van der Waals surface area contributed by atoms with E-state index in [0.717, 1.165) is 19.4 Å². The number of rotatable bonds is 3. The van der Waals surface area contributed by atoms with E-state index in [4.69, 9.17) is 0 Å². The number of hydrogen-bond donors (Lipinski definition) is 0. The van der Waals surface area contributed by atoms with Crippen molar-refractivity contribution in [2.45, 2.75) is 25.3 Å². The van der Waals surface area contributed by atoms with Crippen LogP contribution in [0.3, 0.4) is 0 Å². The summed E-state index contributed by atoms with van der Waals surface area (Å²) >= 11 is 0. The Hall–Kier alpha value is -0.810. The van der Waals surface area contributed by atoms with E-state index in [1.54, 1.807) is 0 Å². The van der Waals surface area contributed by atoms with Crippen LogP contribution in [0.5, 0.6) is 0 Å². The largest absolute Gasteiger partial charge is 0.302 e. The average molecular weight is 164 g/mol. The molecule has 0 amide bonds. The van der Waals surface area contributed by atoms with Gasteiger partial charge < -0.3 is 4.79 Å². The molecule has 1 fully saturated rings. The van der Waals surface area contributed by atoms with E-state index >= 15 is 0 Å². The van der Waals surface area contributed by atoms with Gasteiger partial charge in [0.2, 0.25) is 0 Å². The number of likely N-dealkylation sites (tertiary alicyclic amines) is 1. The second kappa shape index (κ2) is 4.95. The van der Waals surface area contributed by atoms with Crippen molar-refractivity contribution >= 4 is 6.29 Å². The molecule has 0 saturated carbocycles. The highest BCUT2D eigenvalue weighted by Gasteiger charge is 2.19. The van der Waals surface area contributed by atoms with Gasteiger partial charge in [0.15, 0.2) is 0 Å². The van der Waals surface area contributed by atoms with Gasteiger partial charge in [0.1, 0.15) is 6.29 Å². The molecule has 2 nitrogen and oxygen atoms in total. The molecule has 1 heterocycles. The van der Waals surface area contributed by atoms with E-state index in [2.05, 4.69) is 23.7 Å². The third kappa shape index (κ3) is 2.35. The summed E-state index contributed by atoms with van der Waals surface area (Å²) in [5.41, 5.74) is 0. The lowest BCUT2D eigenvalue weighted by Gasteiger charge is -2.19. The van der Waals surface area contributed by atoms with Gasteiger partial charge in [-0.2, -0.15) is 0 Å². The standard InChI is InChI=1S/C10H14NO/c1-2-3-6-10(9-12)11-7-4-5-8-11/h9-10H,1,4-8H2. The highest BCUT2D eigenvalue weighted by Crippen LogP contribution is 2.12. The monoisotopic (exact) mass is 164 g/mol. The molecule has 1 rings (SSSR count). The van der Waals surface area contributed by atoms with Crippen molar-refractivity contribution in [3.63, 3.8) is 0 Å². The van der Waals surface area contributed by atoms with Crippen molar-refractivity contribution in [3.05, 3.63) is 6.92 Å². The molecule has 0 aromatic rings. The van der Waals surface area contributed by atoms with Crippen molar-refractivity contribution in [2.24, 2.45) is 0 Å². The van der Waals surface area contributed by atoms with E-state index in [0.29, 0.717) is 6.42 Å². The van der Waals surface area contributed by atoms with Gasteiger partial charge in [-0.15, -0.1) is 11.8 Å². The molecule has 0 aliphatic carbocycles. The highest BCUT2D eigenvalue weighted by atomic mass is 16.1. The molecule has 1 aliphatic rings. The molecule has 0 N–H and O–H groups in total. The van der Waals surface area contributed by atoms with Crippen molar-refractivity contribution in [2.75, 3.05) is 13.1 Å². The molecule has 0 aromatic carbocycles. The Bertz CT molecular complexity index is 196. The third-order valence-corrected chi connectivity index (χ3v) is 2.20. The van der Waals surface area contributed by atoms with Crippen molar-refractivity contribution in [1.29, 1.82) is 0 Å². The number of nitrogens with zero attached hydrogens (tertiary/aromatic N) is 1. The van der Waals surface area contributed by atoms with E-state index in [-0.39, 0.29) is 6.04 Å². The predicted molar refractivity (Wildman–Crippen MR) is 48.4 cm³/mol. The lowest BCUT2D eigenvalue weighted by atomic mass is 10.2. The van der Waals surface area contributed by atoms with Crippen LogP contribution in [-0.4, -0.2) is 30.3 Å². The Morgan fingerprint density at radius 2 is 2.17 bits per heavy atom. The minimum absolute atomic E-state index is 0.00162. The van der Waals surface area contributed by atoms with Gasteiger partial charge in [0.25, 0.3) is 0 Å². The van der Waals surface area contributed by atoms with E-state index < -0.39 is 0 Å². The first-order chi connectivity index (χ1) is 5.88. The van der Waals surface area contributed by atoms with Crippen LogP contribution in [-0.2, 0) is 4.79 Å². The van der Waals surface area contributed by atoms with Crippen LogP contribution in [0.2, 0.25) is 0 Å². The van der Waals surface area contributed by atoms with Crippen LogP contribution >= 0.6 is 0 Å². The Kier molecular flexibility index (Phi) is 3.83. The zero-order chi connectivity index (χ0) is 8.81. The van der Waals surface area contributed by atoms with E-state index in [9.17, 15) is 4.79 Å². The van der Waals surface area contributed by atoms with Crippen LogP contribution in [0, 0.1) is 18.8 Å². The molecule has 1 atom stereocenters. The van der Waals surface area contributed by atoms with Gasteiger partial charge in [0, 0.05) is 13.3 Å². The van der Waals surface area contributed by atoms with Crippen molar-refractivity contribution in [1.82, 2.24) is 4.90 Å². The molecule has 1 radical (unpaired) electrons. The molecular formula is C10H14NO. The van der Waals surface area contributed by atoms with E-state index in [1.807, 2.05) is 0 Å². The Balaban J connectivity index is 2.40. The number of hydrogen-bond acceptors (Lipinski definition) is 2. The normalized spacial score (nSPS) is 19.8. The average Bonchev–Trinajstić information content (AvgIpc) is 2.59. The minimum Gasteiger partial charge on any atom is -0.302 e. The fraction of sp³-hybridized carbons (Fsp3) is 0.600. The van der Waals surface area contributed by atoms with Crippen LogP contribution < -0.4 is 0 Å². The first kappa shape index (κ1) is 9.28. The summed E-state index contributed by atoms with van der Waals surface area (Å²) in [5.74, 6) is 5.41.